The molecule has 1 aliphatic rings. The van der Waals surface area contributed by atoms with E-state index in [0.29, 0.717) is 17.4 Å². The third-order valence-electron chi connectivity index (χ3n) is 4.57. The molecule has 0 saturated heterocycles. The second-order valence-electron chi connectivity index (χ2n) is 6.36. The fourth-order valence-electron chi connectivity index (χ4n) is 3.53. The summed E-state index contributed by atoms with van der Waals surface area (Å²) in [5.41, 5.74) is 1.45. The maximum atomic E-state index is 13.5. The van der Waals surface area contributed by atoms with Crippen LogP contribution in [0, 0.1) is 17.2 Å². The molecule has 1 aromatic rings. The Morgan fingerprint density at radius 1 is 1.42 bits per heavy atom. The first-order chi connectivity index (χ1) is 8.92. The molecule has 0 aliphatic heterocycles. The number of halogens is 2. The largest absolute Gasteiger partial charge is 0.316 e. The van der Waals surface area contributed by atoms with Crippen LogP contribution >= 0.6 is 15.9 Å². The Labute approximate surface area is 124 Å². The lowest BCUT2D eigenvalue weighted by Crippen LogP contribution is -2.40. The van der Waals surface area contributed by atoms with Crippen molar-refractivity contribution in [2.75, 3.05) is 7.05 Å². The lowest BCUT2D eigenvalue weighted by Gasteiger charge is -2.34. The minimum atomic E-state index is -0.162. The Bertz CT molecular complexity index is 424. The van der Waals surface area contributed by atoms with E-state index in [1.165, 1.54) is 25.3 Å². The van der Waals surface area contributed by atoms with E-state index in [1.54, 1.807) is 6.07 Å². The molecule has 1 fully saturated rings. The highest BCUT2D eigenvalue weighted by Crippen LogP contribution is 2.44. The summed E-state index contributed by atoms with van der Waals surface area (Å²) in [5.74, 6) is 0.504. The van der Waals surface area contributed by atoms with Gasteiger partial charge in [0.2, 0.25) is 0 Å². The Kier molecular flexibility index (Phi) is 4.67. The Morgan fingerprint density at radius 2 is 2.16 bits per heavy atom. The molecule has 0 amide bonds. The van der Waals surface area contributed by atoms with Gasteiger partial charge in [-0.1, -0.05) is 36.2 Å². The van der Waals surface area contributed by atoms with Crippen molar-refractivity contribution in [3.8, 4) is 0 Å². The molecule has 0 heterocycles. The van der Waals surface area contributed by atoms with E-state index in [1.807, 2.05) is 13.1 Å². The molecule has 1 nitrogen and oxygen atoms in total. The summed E-state index contributed by atoms with van der Waals surface area (Å²) in [6.07, 6.45) is 4.77. The quantitative estimate of drug-likeness (QED) is 0.855. The molecule has 2 atom stereocenters. The van der Waals surface area contributed by atoms with Crippen LogP contribution in [-0.4, -0.2) is 13.1 Å². The maximum absolute atomic E-state index is 13.5. The van der Waals surface area contributed by atoms with Crippen LogP contribution < -0.4 is 5.32 Å². The van der Waals surface area contributed by atoms with Gasteiger partial charge >= 0.3 is 0 Å². The van der Waals surface area contributed by atoms with Gasteiger partial charge in [-0.2, -0.15) is 0 Å². The van der Waals surface area contributed by atoms with E-state index in [4.69, 9.17) is 0 Å². The van der Waals surface area contributed by atoms with Gasteiger partial charge in [0, 0.05) is 10.5 Å². The van der Waals surface area contributed by atoms with Crippen molar-refractivity contribution in [1.82, 2.24) is 5.32 Å². The molecule has 0 aromatic heterocycles. The SMILES string of the molecule is CNC(Cc1cc(F)cc(Br)c1)C1CCCC1(C)C. The smallest absolute Gasteiger partial charge is 0.124 e. The first kappa shape index (κ1) is 15.0. The summed E-state index contributed by atoms with van der Waals surface area (Å²) >= 11 is 3.37. The first-order valence-corrected chi connectivity index (χ1v) is 7.84. The second kappa shape index (κ2) is 5.92. The predicted molar refractivity (Wildman–Crippen MR) is 81.8 cm³/mol. The molecule has 3 heteroatoms. The number of benzene rings is 1. The Hall–Kier alpha value is -0.410. The van der Waals surface area contributed by atoms with Crippen molar-refractivity contribution in [1.29, 1.82) is 0 Å². The molecule has 106 valence electrons. The molecular formula is C16H23BrFN. The lowest BCUT2D eigenvalue weighted by atomic mass is 9.76. The predicted octanol–water partition coefficient (Wildman–Crippen LogP) is 4.55. The number of hydrogen-bond acceptors (Lipinski definition) is 1. The standard InChI is InChI=1S/C16H23BrFN/c1-16(2)6-4-5-14(16)15(19-3)9-11-7-12(17)10-13(18)8-11/h7-8,10,14-15,19H,4-6,9H2,1-3H3. The zero-order valence-corrected chi connectivity index (χ0v) is 13.6. The van der Waals surface area contributed by atoms with E-state index in [0.717, 1.165) is 16.5 Å². The highest BCUT2D eigenvalue weighted by molar-refractivity contribution is 9.10. The molecule has 1 aliphatic carbocycles. The minimum Gasteiger partial charge on any atom is -0.316 e. The van der Waals surface area contributed by atoms with Gasteiger partial charge in [-0.15, -0.1) is 0 Å². The van der Waals surface area contributed by atoms with Crippen LogP contribution in [0.2, 0.25) is 0 Å². The molecule has 1 aromatic carbocycles. The molecule has 0 bridgehead atoms. The van der Waals surface area contributed by atoms with Crippen molar-refractivity contribution in [3.63, 3.8) is 0 Å². The molecule has 1 saturated carbocycles. The molecule has 1 N–H and O–H groups in total. The van der Waals surface area contributed by atoms with E-state index in [9.17, 15) is 4.39 Å². The molecule has 2 unspecified atom stereocenters. The topological polar surface area (TPSA) is 12.0 Å². The van der Waals surface area contributed by atoms with E-state index >= 15 is 0 Å². The average Bonchev–Trinajstić information content (AvgIpc) is 2.64. The minimum absolute atomic E-state index is 0.162. The third kappa shape index (κ3) is 3.57. The van der Waals surface area contributed by atoms with Gasteiger partial charge in [0.25, 0.3) is 0 Å². The normalized spacial score (nSPS) is 23.5. The van der Waals surface area contributed by atoms with Crippen LogP contribution in [0.3, 0.4) is 0 Å². The van der Waals surface area contributed by atoms with Crippen LogP contribution in [0.1, 0.15) is 38.7 Å². The van der Waals surface area contributed by atoms with E-state index < -0.39 is 0 Å². The molecule has 19 heavy (non-hydrogen) atoms. The van der Waals surface area contributed by atoms with Crippen molar-refractivity contribution < 1.29 is 4.39 Å². The van der Waals surface area contributed by atoms with Crippen molar-refractivity contribution in [2.24, 2.45) is 11.3 Å². The lowest BCUT2D eigenvalue weighted by molar-refractivity contribution is 0.201. The van der Waals surface area contributed by atoms with Crippen LogP contribution in [0.15, 0.2) is 22.7 Å². The monoisotopic (exact) mass is 327 g/mol. The Morgan fingerprint density at radius 3 is 2.68 bits per heavy atom. The van der Waals surface area contributed by atoms with E-state index in [-0.39, 0.29) is 5.82 Å². The second-order valence-corrected chi connectivity index (χ2v) is 7.28. The molecule has 0 spiro atoms. The number of nitrogens with one attached hydrogen (secondary N) is 1. The first-order valence-electron chi connectivity index (χ1n) is 7.04. The fraction of sp³-hybridized carbons (Fsp3) is 0.625. The van der Waals surface area contributed by atoms with Crippen molar-refractivity contribution >= 4 is 15.9 Å². The van der Waals surface area contributed by atoms with Gasteiger partial charge in [-0.05, 0) is 61.4 Å². The van der Waals surface area contributed by atoms with Crippen LogP contribution in [0.4, 0.5) is 4.39 Å². The summed E-state index contributed by atoms with van der Waals surface area (Å²) in [7, 11) is 2.02. The zero-order valence-electron chi connectivity index (χ0n) is 12.0. The van der Waals surface area contributed by atoms with Gasteiger partial charge in [0.05, 0.1) is 0 Å². The number of likely N-dealkylation sites (N-methyl/N-ethyl adjacent to an activating group) is 1. The van der Waals surface area contributed by atoms with Crippen LogP contribution in [0.25, 0.3) is 0 Å². The van der Waals surface area contributed by atoms with Crippen molar-refractivity contribution in [3.05, 3.63) is 34.1 Å². The zero-order chi connectivity index (χ0) is 14.0. The maximum Gasteiger partial charge on any atom is 0.124 e. The summed E-state index contributed by atoms with van der Waals surface area (Å²) in [6, 6.07) is 5.61. The number of hydrogen-bond donors (Lipinski definition) is 1. The highest BCUT2D eigenvalue weighted by atomic mass is 79.9. The number of rotatable bonds is 4. The highest BCUT2D eigenvalue weighted by Gasteiger charge is 2.38. The summed E-state index contributed by atoms with van der Waals surface area (Å²) in [6.45, 7) is 4.72. The van der Waals surface area contributed by atoms with Gasteiger partial charge in [-0.3, -0.25) is 0 Å². The third-order valence-corrected chi connectivity index (χ3v) is 5.03. The molecular weight excluding hydrogens is 305 g/mol. The molecule has 2 rings (SSSR count). The fourth-order valence-corrected chi connectivity index (χ4v) is 4.04. The van der Waals surface area contributed by atoms with Crippen LogP contribution in [0.5, 0.6) is 0 Å². The van der Waals surface area contributed by atoms with Gasteiger partial charge < -0.3 is 5.32 Å². The Balaban J connectivity index is 2.15. The van der Waals surface area contributed by atoms with Gasteiger partial charge in [0.15, 0.2) is 0 Å². The average molecular weight is 328 g/mol. The van der Waals surface area contributed by atoms with Gasteiger partial charge in [-0.25, -0.2) is 4.39 Å². The summed E-state index contributed by atoms with van der Waals surface area (Å²) in [4.78, 5) is 0. The summed E-state index contributed by atoms with van der Waals surface area (Å²) < 4.78 is 14.3. The summed E-state index contributed by atoms with van der Waals surface area (Å²) in [5, 5.41) is 3.45. The van der Waals surface area contributed by atoms with E-state index in [2.05, 4.69) is 35.1 Å². The van der Waals surface area contributed by atoms with Crippen molar-refractivity contribution in [2.45, 2.75) is 45.6 Å². The van der Waals surface area contributed by atoms with Crippen LogP contribution in [-0.2, 0) is 6.42 Å². The molecule has 0 radical (unpaired) electrons. The van der Waals surface area contributed by atoms with Gasteiger partial charge in [0.1, 0.15) is 5.82 Å².